The molecule has 2 fully saturated rings. The van der Waals surface area contributed by atoms with Gasteiger partial charge in [-0.05, 0) is 31.0 Å². The molecule has 3 heterocycles. The molecule has 0 bridgehead atoms. The summed E-state index contributed by atoms with van der Waals surface area (Å²) < 4.78 is 27.3. The third-order valence-electron chi connectivity index (χ3n) is 5.19. The fraction of sp³-hybridized carbons (Fsp3) is 0.444. The molecule has 0 unspecified atom stereocenters. The Hall–Kier alpha value is -1.61. The Bertz CT molecular complexity index is 958. The quantitative estimate of drug-likeness (QED) is 0.726. The number of rotatable bonds is 4. The summed E-state index contributed by atoms with van der Waals surface area (Å²) in [5.41, 5.74) is 0.975. The van der Waals surface area contributed by atoms with Crippen molar-refractivity contribution in [2.45, 2.75) is 17.7 Å². The highest BCUT2D eigenvalue weighted by Gasteiger charge is 2.29. The van der Waals surface area contributed by atoms with E-state index in [1.807, 2.05) is 6.07 Å². The summed E-state index contributed by atoms with van der Waals surface area (Å²) in [4.78, 5) is 4.55. The van der Waals surface area contributed by atoms with Crippen molar-refractivity contribution in [3.05, 3.63) is 40.5 Å². The minimum Gasteiger partial charge on any atom is -0.367 e. The average molecular weight is 442 g/mol. The molecule has 7 nitrogen and oxygen atoms in total. The van der Waals surface area contributed by atoms with Crippen molar-refractivity contribution in [3.63, 3.8) is 0 Å². The smallest absolute Gasteiger partial charge is 0.243 e. The van der Waals surface area contributed by atoms with Gasteiger partial charge in [-0.3, -0.25) is 0 Å². The van der Waals surface area contributed by atoms with Crippen LogP contribution in [0.3, 0.4) is 0 Å². The first-order chi connectivity index (χ1) is 13.4. The maximum Gasteiger partial charge on any atom is 0.243 e. The predicted molar refractivity (Wildman–Crippen MR) is 111 cm³/mol. The summed E-state index contributed by atoms with van der Waals surface area (Å²) >= 11 is 11.9. The highest BCUT2D eigenvalue weighted by molar-refractivity contribution is 7.89. The first-order valence-electron chi connectivity index (χ1n) is 9.23. The van der Waals surface area contributed by atoms with Gasteiger partial charge < -0.3 is 9.80 Å². The fourth-order valence-electron chi connectivity index (χ4n) is 3.59. The van der Waals surface area contributed by atoms with E-state index in [2.05, 4.69) is 20.0 Å². The summed E-state index contributed by atoms with van der Waals surface area (Å²) in [5, 5.41) is 8.96. The van der Waals surface area contributed by atoms with Gasteiger partial charge in [0.05, 0.1) is 26.8 Å². The van der Waals surface area contributed by atoms with Crippen LogP contribution in [0.2, 0.25) is 10.0 Å². The molecule has 28 heavy (non-hydrogen) atoms. The van der Waals surface area contributed by atoms with Crippen molar-refractivity contribution < 1.29 is 8.42 Å². The number of nitrogens with zero attached hydrogens (tertiary/aromatic N) is 5. The van der Waals surface area contributed by atoms with E-state index < -0.39 is 10.0 Å². The second kappa shape index (κ2) is 8.02. The third-order valence-corrected chi connectivity index (χ3v) is 7.82. The molecule has 0 saturated carbocycles. The van der Waals surface area contributed by atoms with Crippen molar-refractivity contribution >= 4 is 44.7 Å². The SMILES string of the molecule is O=S(=O)(c1ccc(Cl)c(Cl)c1)N1CCN(c2cnnc(N3CCCC3)c2)CC1. The molecule has 0 atom stereocenters. The Balaban J connectivity index is 1.45. The fourth-order valence-corrected chi connectivity index (χ4v) is 5.40. The van der Waals surface area contributed by atoms with Gasteiger partial charge in [-0.1, -0.05) is 23.2 Å². The summed E-state index contributed by atoms with van der Waals surface area (Å²) in [6, 6.07) is 6.45. The van der Waals surface area contributed by atoms with Crippen molar-refractivity contribution in [3.8, 4) is 0 Å². The van der Waals surface area contributed by atoms with Crippen LogP contribution in [0, 0.1) is 0 Å². The maximum atomic E-state index is 12.9. The maximum absolute atomic E-state index is 12.9. The molecule has 2 saturated heterocycles. The van der Waals surface area contributed by atoms with Gasteiger partial charge in [0.15, 0.2) is 5.82 Å². The van der Waals surface area contributed by atoms with Crippen LogP contribution in [0.4, 0.5) is 11.5 Å². The predicted octanol–water partition coefficient (Wildman–Crippen LogP) is 2.89. The third kappa shape index (κ3) is 3.91. The van der Waals surface area contributed by atoms with Crippen LogP contribution in [0.1, 0.15) is 12.8 Å². The Morgan fingerprint density at radius 3 is 2.25 bits per heavy atom. The van der Waals surface area contributed by atoms with Crippen LogP contribution in [-0.2, 0) is 10.0 Å². The molecule has 0 spiro atoms. The van der Waals surface area contributed by atoms with Gasteiger partial charge in [-0.2, -0.15) is 9.40 Å². The van der Waals surface area contributed by atoms with Crippen LogP contribution >= 0.6 is 23.2 Å². The van der Waals surface area contributed by atoms with E-state index in [0.29, 0.717) is 31.2 Å². The molecule has 2 aliphatic rings. The van der Waals surface area contributed by atoms with E-state index in [4.69, 9.17) is 23.2 Å². The minimum atomic E-state index is -3.60. The second-order valence-corrected chi connectivity index (χ2v) is 9.69. The Kier molecular flexibility index (Phi) is 5.64. The van der Waals surface area contributed by atoms with Crippen LogP contribution in [0.5, 0.6) is 0 Å². The van der Waals surface area contributed by atoms with Gasteiger partial charge in [0.25, 0.3) is 0 Å². The molecular weight excluding hydrogens is 421 g/mol. The van der Waals surface area contributed by atoms with E-state index in [9.17, 15) is 8.42 Å². The lowest BCUT2D eigenvalue weighted by molar-refractivity contribution is 0.384. The molecule has 2 aromatic rings. The minimum absolute atomic E-state index is 0.164. The van der Waals surface area contributed by atoms with Crippen LogP contribution < -0.4 is 9.80 Å². The van der Waals surface area contributed by atoms with Gasteiger partial charge in [-0.25, -0.2) is 8.42 Å². The number of piperazine rings is 1. The monoisotopic (exact) mass is 441 g/mol. The van der Waals surface area contributed by atoms with E-state index in [-0.39, 0.29) is 9.92 Å². The lowest BCUT2D eigenvalue weighted by Gasteiger charge is -2.35. The molecule has 150 valence electrons. The zero-order chi connectivity index (χ0) is 19.7. The summed E-state index contributed by atoms with van der Waals surface area (Å²) in [5.74, 6) is 0.890. The molecular formula is C18H21Cl2N5O2S. The van der Waals surface area contributed by atoms with Gasteiger partial charge in [0.1, 0.15) is 0 Å². The largest absolute Gasteiger partial charge is 0.367 e. The van der Waals surface area contributed by atoms with Gasteiger partial charge in [-0.15, -0.1) is 5.10 Å². The van der Waals surface area contributed by atoms with Gasteiger partial charge >= 0.3 is 0 Å². The van der Waals surface area contributed by atoms with E-state index in [0.717, 1.165) is 24.6 Å². The average Bonchev–Trinajstić information content (AvgIpc) is 3.25. The molecule has 0 aliphatic carbocycles. The molecule has 0 N–H and O–H groups in total. The Morgan fingerprint density at radius 1 is 0.857 bits per heavy atom. The van der Waals surface area contributed by atoms with Crippen molar-refractivity contribution in [2.75, 3.05) is 49.1 Å². The lowest BCUT2D eigenvalue weighted by atomic mass is 10.3. The highest BCUT2D eigenvalue weighted by atomic mass is 35.5. The number of anilines is 2. The topological polar surface area (TPSA) is 69.6 Å². The van der Waals surface area contributed by atoms with Gasteiger partial charge in [0.2, 0.25) is 10.0 Å². The Morgan fingerprint density at radius 2 is 1.57 bits per heavy atom. The zero-order valence-electron chi connectivity index (χ0n) is 15.3. The van der Waals surface area contributed by atoms with Crippen LogP contribution in [0.25, 0.3) is 0 Å². The normalized spacial score (nSPS) is 18.6. The highest BCUT2D eigenvalue weighted by Crippen LogP contribution is 2.28. The molecule has 2 aliphatic heterocycles. The zero-order valence-corrected chi connectivity index (χ0v) is 17.6. The van der Waals surface area contributed by atoms with Gasteiger partial charge in [0, 0.05) is 45.3 Å². The molecule has 4 rings (SSSR count). The first-order valence-corrected chi connectivity index (χ1v) is 11.4. The standard InChI is InChI=1S/C18H21Cl2N5O2S/c19-16-4-3-15(12-17(16)20)28(26,27)25-9-7-23(8-10-25)14-11-18(22-21-13-14)24-5-1-2-6-24/h3-4,11-13H,1-2,5-10H2. The van der Waals surface area contributed by atoms with Crippen LogP contribution in [-0.4, -0.2) is 62.2 Å². The summed E-state index contributed by atoms with van der Waals surface area (Å²) in [7, 11) is -3.60. The second-order valence-electron chi connectivity index (χ2n) is 6.93. The number of hydrogen-bond acceptors (Lipinski definition) is 6. The lowest BCUT2D eigenvalue weighted by Crippen LogP contribution is -2.48. The first kappa shape index (κ1) is 19.7. The van der Waals surface area contributed by atoms with E-state index >= 15 is 0 Å². The molecule has 1 aromatic carbocycles. The number of benzene rings is 1. The van der Waals surface area contributed by atoms with Crippen molar-refractivity contribution in [2.24, 2.45) is 0 Å². The van der Waals surface area contributed by atoms with E-state index in [1.165, 1.54) is 35.3 Å². The number of halogens is 2. The number of sulfonamides is 1. The van der Waals surface area contributed by atoms with Crippen LogP contribution in [0.15, 0.2) is 35.4 Å². The van der Waals surface area contributed by atoms with Crippen molar-refractivity contribution in [1.29, 1.82) is 0 Å². The summed E-state index contributed by atoms with van der Waals surface area (Å²) in [6.07, 6.45) is 4.09. The Labute approximate surface area is 174 Å². The van der Waals surface area contributed by atoms with E-state index in [1.54, 1.807) is 6.20 Å². The molecule has 1 aromatic heterocycles. The number of aromatic nitrogens is 2. The molecule has 0 radical (unpaired) electrons. The molecule has 0 amide bonds. The summed E-state index contributed by atoms with van der Waals surface area (Å²) in [6.45, 7) is 3.98. The molecule has 10 heteroatoms. The van der Waals surface area contributed by atoms with Crippen molar-refractivity contribution in [1.82, 2.24) is 14.5 Å². The number of hydrogen-bond donors (Lipinski definition) is 0.